The van der Waals surface area contributed by atoms with Gasteiger partial charge in [-0.1, -0.05) is 54.6 Å². The van der Waals surface area contributed by atoms with Crippen LogP contribution in [0.5, 0.6) is 0 Å². The molecule has 4 N–H and O–H groups in total. The van der Waals surface area contributed by atoms with Crippen LogP contribution in [0.15, 0.2) is 91.0 Å². The number of hydrogen-bond acceptors (Lipinski definition) is 12. The van der Waals surface area contributed by atoms with Crippen molar-refractivity contribution in [1.82, 2.24) is 5.32 Å². The zero-order valence-electron chi connectivity index (χ0n) is 24.1. The van der Waals surface area contributed by atoms with E-state index in [0.29, 0.717) is 0 Å². The summed E-state index contributed by atoms with van der Waals surface area (Å²) >= 11 is 0.930. The molecular weight excluding hydrogens is 604 g/mol. The number of aliphatic hydroxyl groups excluding tert-OH is 1. The third-order valence-electron chi connectivity index (χ3n) is 6.61. The van der Waals surface area contributed by atoms with Crippen LogP contribution in [-0.2, 0) is 28.5 Å². The standard InChI is InChI=1S/C32H32N2O10S/c1-19(36)34-28(37)23(33)18-45-32-27(44-31(40)22-15-9-4-10-16-22)26(43-30(39)21-13-7-3-8-14-21)25(24(17-35)41-32)42-29(38)20-11-5-2-6-12-20/h2-16,23-27,32,35H,17-18,33H2,1H3,(H,34,36,37)/t23-,24+,25-,26-,27+,32-/m0/s1. The Kier molecular flexibility index (Phi) is 11.8. The highest BCUT2D eigenvalue weighted by Gasteiger charge is 2.52. The average molecular weight is 637 g/mol. The van der Waals surface area contributed by atoms with Crippen LogP contribution in [0.3, 0.4) is 0 Å². The molecule has 12 nitrogen and oxygen atoms in total. The number of carbonyl (C=O) groups is 5. The minimum absolute atomic E-state index is 0.130. The lowest BCUT2D eigenvalue weighted by Crippen LogP contribution is -2.61. The number of nitrogens with one attached hydrogen (secondary N) is 1. The molecule has 236 valence electrons. The van der Waals surface area contributed by atoms with E-state index in [1.807, 2.05) is 0 Å². The van der Waals surface area contributed by atoms with Crippen LogP contribution in [0, 0.1) is 0 Å². The summed E-state index contributed by atoms with van der Waals surface area (Å²) in [6.45, 7) is 0.481. The maximum absolute atomic E-state index is 13.4. The zero-order chi connectivity index (χ0) is 32.3. The number of rotatable bonds is 11. The first-order chi connectivity index (χ1) is 21.7. The highest BCUT2D eigenvalue weighted by Crippen LogP contribution is 2.35. The van der Waals surface area contributed by atoms with Crippen LogP contribution in [0.4, 0.5) is 0 Å². The van der Waals surface area contributed by atoms with E-state index in [9.17, 15) is 29.1 Å². The Morgan fingerprint density at radius 3 is 1.60 bits per heavy atom. The highest BCUT2D eigenvalue weighted by molar-refractivity contribution is 7.99. The van der Waals surface area contributed by atoms with Crippen molar-refractivity contribution in [3.63, 3.8) is 0 Å². The summed E-state index contributed by atoms with van der Waals surface area (Å²) in [4.78, 5) is 63.5. The lowest BCUT2D eigenvalue weighted by molar-refractivity contribution is -0.207. The van der Waals surface area contributed by atoms with Gasteiger partial charge in [0.15, 0.2) is 18.3 Å². The molecule has 45 heavy (non-hydrogen) atoms. The Morgan fingerprint density at radius 1 is 0.756 bits per heavy atom. The monoisotopic (exact) mass is 636 g/mol. The number of carbonyl (C=O) groups excluding carboxylic acids is 5. The lowest BCUT2D eigenvalue weighted by Gasteiger charge is -2.44. The van der Waals surface area contributed by atoms with Crippen molar-refractivity contribution in [1.29, 1.82) is 0 Å². The zero-order valence-corrected chi connectivity index (χ0v) is 25.0. The van der Waals surface area contributed by atoms with E-state index in [1.54, 1.807) is 54.6 Å². The summed E-state index contributed by atoms with van der Waals surface area (Å²) in [5, 5.41) is 12.4. The molecule has 1 aliphatic rings. The van der Waals surface area contributed by atoms with Gasteiger partial charge >= 0.3 is 17.9 Å². The van der Waals surface area contributed by atoms with Gasteiger partial charge in [0.25, 0.3) is 0 Å². The molecule has 1 heterocycles. The quantitative estimate of drug-likeness (QED) is 0.206. The van der Waals surface area contributed by atoms with E-state index in [-0.39, 0.29) is 22.4 Å². The van der Waals surface area contributed by atoms with Gasteiger partial charge in [-0.05, 0) is 36.4 Å². The molecule has 0 aromatic heterocycles. The minimum atomic E-state index is -1.48. The fraction of sp³-hybridized carbons (Fsp3) is 0.281. The molecule has 0 spiro atoms. The van der Waals surface area contributed by atoms with E-state index in [4.69, 9.17) is 24.7 Å². The van der Waals surface area contributed by atoms with Gasteiger partial charge in [0.05, 0.1) is 29.3 Å². The predicted molar refractivity (Wildman–Crippen MR) is 162 cm³/mol. The number of hydrogen-bond donors (Lipinski definition) is 3. The molecular formula is C32H32N2O10S. The molecule has 0 unspecified atom stereocenters. The van der Waals surface area contributed by atoms with E-state index in [1.165, 1.54) is 36.4 Å². The fourth-order valence-corrected chi connectivity index (χ4v) is 5.57. The third-order valence-corrected chi connectivity index (χ3v) is 7.86. The summed E-state index contributed by atoms with van der Waals surface area (Å²) in [5.41, 5.74) is 5.33. The molecule has 1 saturated heterocycles. The first kappa shape index (κ1) is 33.3. The highest BCUT2D eigenvalue weighted by atomic mass is 32.2. The molecule has 4 rings (SSSR count). The van der Waals surface area contributed by atoms with Gasteiger partial charge in [0, 0.05) is 12.7 Å². The van der Waals surface area contributed by atoms with E-state index >= 15 is 0 Å². The summed E-state index contributed by atoms with van der Waals surface area (Å²) < 4.78 is 23.6. The first-order valence-corrected chi connectivity index (χ1v) is 15.0. The Balaban J connectivity index is 1.71. The van der Waals surface area contributed by atoms with Crippen LogP contribution in [0.2, 0.25) is 0 Å². The van der Waals surface area contributed by atoms with Crippen molar-refractivity contribution in [3.05, 3.63) is 108 Å². The van der Waals surface area contributed by atoms with Crippen molar-refractivity contribution < 1.29 is 48.0 Å². The number of thioether (sulfide) groups is 1. The van der Waals surface area contributed by atoms with Crippen LogP contribution in [-0.4, -0.2) is 83.1 Å². The van der Waals surface area contributed by atoms with Crippen molar-refractivity contribution in [2.45, 2.75) is 42.8 Å². The van der Waals surface area contributed by atoms with Crippen LogP contribution >= 0.6 is 11.8 Å². The van der Waals surface area contributed by atoms with Gasteiger partial charge in [0.1, 0.15) is 11.5 Å². The van der Waals surface area contributed by atoms with Crippen molar-refractivity contribution in [2.24, 2.45) is 5.73 Å². The van der Waals surface area contributed by atoms with E-state index in [0.717, 1.165) is 18.7 Å². The molecule has 3 aromatic rings. The van der Waals surface area contributed by atoms with Crippen LogP contribution in [0.1, 0.15) is 38.0 Å². The Labute approximate surface area is 263 Å². The van der Waals surface area contributed by atoms with Crippen molar-refractivity contribution >= 4 is 41.5 Å². The van der Waals surface area contributed by atoms with Crippen molar-refractivity contribution in [2.75, 3.05) is 12.4 Å². The molecule has 0 saturated carbocycles. The van der Waals surface area contributed by atoms with Crippen molar-refractivity contribution in [3.8, 4) is 0 Å². The number of esters is 3. The minimum Gasteiger partial charge on any atom is -0.452 e. The van der Waals surface area contributed by atoms with Gasteiger partial charge in [-0.3, -0.25) is 14.9 Å². The third kappa shape index (κ3) is 8.99. The van der Waals surface area contributed by atoms with Gasteiger partial charge < -0.3 is 29.8 Å². The number of benzene rings is 3. The Hall–Kier alpha value is -4.56. The SMILES string of the molecule is CC(=O)NC(=O)[C@@H](N)CS[C@@H]1O[C@H](CO)[C@H](OC(=O)c2ccccc2)[C@H](OC(=O)c2ccccc2)[C@H]1OC(=O)c1ccccc1. The molecule has 1 aliphatic heterocycles. The number of aliphatic hydroxyl groups is 1. The summed E-state index contributed by atoms with van der Waals surface area (Å²) in [5.74, 6) is -3.89. The Morgan fingerprint density at radius 2 is 1.18 bits per heavy atom. The number of imide groups is 1. The fourth-order valence-electron chi connectivity index (χ4n) is 4.40. The number of nitrogens with two attached hydrogens (primary N) is 1. The molecule has 13 heteroatoms. The summed E-state index contributed by atoms with van der Waals surface area (Å²) in [6, 6.07) is 22.8. The molecule has 0 radical (unpaired) electrons. The smallest absolute Gasteiger partial charge is 0.338 e. The lowest BCUT2D eigenvalue weighted by atomic mass is 9.98. The second-order valence-electron chi connectivity index (χ2n) is 9.92. The summed E-state index contributed by atoms with van der Waals surface area (Å²) in [6.07, 6.45) is -5.59. The average Bonchev–Trinajstić information content (AvgIpc) is 3.06. The second kappa shape index (κ2) is 16.0. The molecule has 3 aromatic carbocycles. The maximum Gasteiger partial charge on any atom is 0.338 e. The molecule has 2 amide bonds. The second-order valence-corrected chi connectivity index (χ2v) is 11.0. The molecule has 0 bridgehead atoms. The summed E-state index contributed by atoms with van der Waals surface area (Å²) in [7, 11) is 0. The number of amides is 2. The Bertz CT molecular complexity index is 1480. The van der Waals surface area contributed by atoms with Crippen LogP contribution in [0.25, 0.3) is 0 Å². The molecule has 6 atom stereocenters. The molecule has 0 aliphatic carbocycles. The van der Waals surface area contributed by atoms with Crippen LogP contribution < -0.4 is 11.1 Å². The van der Waals surface area contributed by atoms with Gasteiger partial charge in [-0.25, -0.2) is 14.4 Å². The predicted octanol–water partition coefficient (Wildman–Crippen LogP) is 2.10. The number of ether oxygens (including phenoxy) is 4. The molecule has 1 fully saturated rings. The largest absolute Gasteiger partial charge is 0.452 e. The van der Waals surface area contributed by atoms with Gasteiger partial charge in [0.2, 0.25) is 11.8 Å². The van der Waals surface area contributed by atoms with Gasteiger partial charge in [-0.15, -0.1) is 11.8 Å². The normalized spacial score (nSPS) is 21.5. The van der Waals surface area contributed by atoms with E-state index < -0.39 is 72.2 Å². The van der Waals surface area contributed by atoms with Gasteiger partial charge in [-0.2, -0.15) is 0 Å². The maximum atomic E-state index is 13.4. The van der Waals surface area contributed by atoms with E-state index in [2.05, 4.69) is 5.32 Å². The topological polar surface area (TPSA) is 181 Å². The first-order valence-electron chi connectivity index (χ1n) is 13.9.